The van der Waals surface area contributed by atoms with Crippen molar-refractivity contribution in [3.05, 3.63) is 97.2 Å². The molecule has 0 saturated heterocycles. The molecular weight excluding hydrogens is 719 g/mol. The van der Waals surface area contributed by atoms with E-state index in [0.29, 0.717) is 19.3 Å². The molecule has 0 saturated carbocycles. The van der Waals surface area contributed by atoms with Gasteiger partial charge in [-0.2, -0.15) is 0 Å². The Balaban J connectivity index is 4.70. The van der Waals surface area contributed by atoms with Crippen molar-refractivity contribution in [3.63, 3.8) is 0 Å². The minimum Gasteiger partial charge on any atom is -0.462 e. The summed E-state index contributed by atoms with van der Waals surface area (Å²) in [6.07, 6.45) is 58.9. The van der Waals surface area contributed by atoms with Gasteiger partial charge in [0, 0.05) is 6.42 Å². The number of aliphatic hydroxyl groups is 2. The van der Waals surface area contributed by atoms with Crippen LogP contribution in [0.5, 0.6) is 0 Å². The Morgan fingerprint density at radius 2 is 1.03 bits per heavy atom. The van der Waals surface area contributed by atoms with E-state index >= 15 is 0 Å². The summed E-state index contributed by atoms with van der Waals surface area (Å²) in [5, 5.41) is 23.6. The summed E-state index contributed by atoms with van der Waals surface area (Å²) >= 11 is 0. The molecule has 3 atom stereocenters. The lowest BCUT2D eigenvalue weighted by Crippen LogP contribution is -2.46. The van der Waals surface area contributed by atoms with Crippen molar-refractivity contribution in [3.8, 4) is 0 Å². The minimum atomic E-state index is -0.806. The fourth-order valence-corrected chi connectivity index (χ4v) is 6.47. The quantitative estimate of drug-likeness (QED) is 0.0248. The van der Waals surface area contributed by atoms with Crippen LogP contribution in [0, 0.1) is 0 Å². The van der Waals surface area contributed by atoms with E-state index in [4.69, 9.17) is 4.74 Å². The van der Waals surface area contributed by atoms with Crippen LogP contribution in [0.1, 0.15) is 194 Å². The third-order valence-corrected chi connectivity index (χ3v) is 10.0. The third-order valence-electron chi connectivity index (χ3n) is 10.0. The molecule has 0 aromatic rings. The molecule has 3 N–H and O–H groups in total. The van der Waals surface area contributed by atoms with Crippen LogP contribution >= 0.6 is 0 Å². The Morgan fingerprint density at radius 3 is 1.66 bits per heavy atom. The van der Waals surface area contributed by atoms with Crippen molar-refractivity contribution in [2.75, 3.05) is 6.61 Å². The van der Waals surface area contributed by atoms with Crippen LogP contribution in [0.15, 0.2) is 97.2 Å². The topological polar surface area (TPSA) is 95.9 Å². The largest absolute Gasteiger partial charge is 0.462 e. The Kier molecular flexibility index (Phi) is 42.4. The fourth-order valence-electron chi connectivity index (χ4n) is 6.47. The zero-order valence-corrected chi connectivity index (χ0v) is 37.4. The second-order valence-corrected chi connectivity index (χ2v) is 15.5. The first-order valence-corrected chi connectivity index (χ1v) is 23.5. The molecule has 0 radical (unpaired) electrons. The van der Waals surface area contributed by atoms with E-state index in [2.05, 4.69) is 99.0 Å². The van der Waals surface area contributed by atoms with Gasteiger partial charge in [-0.15, -0.1) is 0 Å². The van der Waals surface area contributed by atoms with Gasteiger partial charge in [0.2, 0.25) is 5.91 Å². The maximum absolute atomic E-state index is 13.1. The smallest absolute Gasteiger partial charge is 0.306 e. The summed E-state index contributed by atoms with van der Waals surface area (Å²) in [7, 11) is 0. The van der Waals surface area contributed by atoms with Crippen LogP contribution in [-0.2, 0) is 14.3 Å². The Hall–Kier alpha value is -3.22. The number of allylic oxidation sites excluding steroid dienone is 16. The number of aliphatic hydroxyl groups excluding tert-OH is 2. The highest BCUT2D eigenvalue weighted by molar-refractivity contribution is 5.77. The van der Waals surface area contributed by atoms with Crippen LogP contribution in [0.3, 0.4) is 0 Å². The van der Waals surface area contributed by atoms with Crippen LogP contribution in [0.4, 0.5) is 0 Å². The summed E-state index contributed by atoms with van der Waals surface area (Å²) in [6.45, 7) is 6.22. The lowest BCUT2D eigenvalue weighted by molar-refractivity contribution is -0.151. The van der Waals surface area contributed by atoms with Gasteiger partial charge >= 0.3 is 5.97 Å². The molecule has 0 bridgehead atoms. The van der Waals surface area contributed by atoms with Gasteiger partial charge in [0.25, 0.3) is 0 Å². The minimum absolute atomic E-state index is 0.0346. The fraction of sp³-hybridized carbons (Fsp3) is 0.654. The van der Waals surface area contributed by atoms with Crippen LogP contribution in [-0.4, -0.2) is 46.9 Å². The number of amides is 1. The van der Waals surface area contributed by atoms with E-state index in [0.717, 1.165) is 103 Å². The Labute approximate surface area is 356 Å². The van der Waals surface area contributed by atoms with Crippen molar-refractivity contribution in [1.29, 1.82) is 0 Å². The number of unbranched alkanes of at least 4 members (excludes halogenated alkanes) is 16. The van der Waals surface area contributed by atoms with E-state index in [1.54, 1.807) is 0 Å². The first-order valence-electron chi connectivity index (χ1n) is 23.5. The molecule has 0 heterocycles. The summed E-state index contributed by atoms with van der Waals surface area (Å²) in [5.74, 6) is -0.554. The van der Waals surface area contributed by atoms with Gasteiger partial charge in [-0.05, 0) is 77.0 Å². The lowest BCUT2D eigenvalue weighted by atomic mass is 10.0. The normalized spacial score (nSPS) is 14.2. The molecule has 0 fully saturated rings. The van der Waals surface area contributed by atoms with Crippen molar-refractivity contribution < 1.29 is 24.5 Å². The van der Waals surface area contributed by atoms with Gasteiger partial charge < -0.3 is 20.3 Å². The molecule has 0 aromatic heterocycles. The van der Waals surface area contributed by atoms with Crippen molar-refractivity contribution in [1.82, 2.24) is 5.32 Å². The number of hydrogen-bond donors (Lipinski definition) is 3. The maximum Gasteiger partial charge on any atom is 0.306 e. The maximum atomic E-state index is 13.1. The standard InChI is InChI=1S/C52H87NO5/c1-4-7-10-13-16-19-21-23-24-25-26-27-28-30-33-36-39-42-45-52(57)58-48(43-40-37-34-32-29-22-20-17-14-11-8-5-2)46-51(56)53-49(47-54)50(55)44-41-38-35-31-18-15-12-9-6-3/h8,10-11,13,16-17,19-21,23-27,29,32,48-50,54-55H,4-7,9,12,14-15,18,22,28,30-31,33-47H2,1-3H3,(H,53,56)/b11-8+,13-10+,19-16+,20-17+,23-21+,25-24+,27-26+,32-29+. The number of carbonyl (C=O) groups excluding carboxylic acids is 2. The highest BCUT2D eigenvalue weighted by Crippen LogP contribution is 2.16. The molecular formula is C52H87NO5. The zero-order valence-electron chi connectivity index (χ0n) is 37.4. The predicted molar refractivity (Wildman–Crippen MR) is 250 cm³/mol. The third kappa shape index (κ3) is 39.6. The second kappa shape index (κ2) is 44.9. The van der Waals surface area contributed by atoms with Gasteiger partial charge in [-0.1, -0.05) is 201 Å². The lowest BCUT2D eigenvalue weighted by Gasteiger charge is -2.24. The molecule has 0 spiro atoms. The molecule has 0 aliphatic heterocycles. The summed E-state index contributed by atoms with van der Waals surface area (Å²) < 4.78 is 5.88. The van der Waals surface area contributed by atoms with Crippen LogP contribution in [0.25, 0.3) is 0 Å². The molecule has 330 valence electrons. The first-order chi connectivity index (χ1) is 28.5. The van der Waals surface area contributed by atoms with Crippen LogP contribution in [0.2, 0.25) is 0 Å². The van der Waals surface area contributed by atoms with Crippen LogP contribution < -0.4 is 5.32 Å². The number of nitrogens with one attached hydrogen (secondary N) is 1. The van der Waals surface area contributed by atoms with Gasteiger partial charge in [0.05, 0.1) is 25.2 Å². The molecule has 0 aliphatic rings. The molecule has 6 nitrogen and oxygen atoms in total. The van der Waals surface area contributed by atoms with E-state index in [-0.39, 0.29) is 24.9 Å². The Bertz CT molecular complexity index is 1180. The SMILES string of the molecule is CC/C=C/C/C=C/C/C=C/CCCCC(CC(=O)NC(CO)C(O)CCCCCCCCCCC)OC(=O)CCCCCCC/C=C/C=C/C=C/C=C/C=C/CCC. The van der Waals surface area contributed by atoms with Crippen molar-refractivity contribution >= 4 is 11.9 Å². The van der Waals surface area contributed by atoms with E-state index < -0.39 is 18.2 Å². The highest BCUT2D eigenvalue weighted by atomic mass is 16.5. The number of esters is 1. The monoisotopic (exact) mass is 806 g/mol. The number of ether oxygens (including phenoxy) is 1. The number of carbonyl (C=O) groups is 2. The van der Waals surface area contributed by atoms with Gasteiger partial charge in [0.1, 0.15) is 6.10 Å². The van der Waals surface area contributed by atoms with E-state index in [1.807, 2.05) is 24.3 Å². The van der Waals surface area contributed by atoms with Gasteiger partial charge in [0.15, 0.2) is 0 Å². The average Bonchev–Trinajstić information content (AvgIpc) is 3.22. The molecule has 1 amide bonds. The van der Waals surface area contributed by atoms with Gasteiger partial charge in [-0.25, -0.2) is 0 Å². The zero-order chi connectivity index (χ0) is 42.4. The van der Waals surface area contributed by atoms with Crippen molar-refractivity contribution in [2.24, 2.45) is 0 Å². The summed E-state index contributed by atoms with van der Waals surface area (Å²) in [6, 6.07) is -0.723. The number of hydrogen-bond acceptors (Lipinski definition) is 5. The molecule has 6 heteroatoms. The molecule has 58 heavy (non-hydrogen) atoms. The van der Waals surface area contributed by atoms with Crippen molar-refractivity contribution in [2.45, 2.75) is 212 Å². The molecule has 0 rings (SSSR count). The van der Waals surface area contributed by atoms with E-state index in [9.17, 15) is 19.8 Å². The summed E-state index contributed by atoms with van der Waals surface area (Å²) in [5.41, 5.74) is 0. The highest BCUT2D eigenvalue weighted by Gasteiger charge is 2.24. The predicted octanol–water partition coefficient (Wildman–Crippen LogP) is 13.8. The molecule has 0 aromatic carbocycles. The second-order valence-electron chi connectivity index (χ2n) is 15.5. The number of rotatable bonds is 40. The van der Waals surface area contributed by atoms with Gasteiger partial charge in [-0.3, -0.25) is 9.59 Å². The molecule has 3 unspecified atom stereocenters. The average molecular weight is 806 g/mol. The first kappa shape index (κ1) is 54.8. The Morgan fingerprint density at radius 1 is 0.534 bits per heavy atom. The summed E-state index contributed by atoms with van der Waals surface area (Å²) in [4.78, 5) is 26.0. The molecule has 0 aliphatic carbocycles. The van der Waals surface area contributed by atoms with E-state index in [1.165, 1.54) is 44.9 Å².